The quantitative estimate of drug-likeness (QED) is 0.824. The maximum absolute atomic E-state index is 11.7. The topological polar surface area (TPSA) is 46.5 Å². The third-order valence-corrected chi connectivity index (χ3v) is 2.56. The van der Waals surface area contributed by atoms with Crippen molar-refractivity contribution in [2.45, 2.75) is 13.3 Å². The van der Waals surface area contributed by atoms with Gasteiger partial charge in [0, 0.05) is 5.39 Å². The minimum atomic E-state index is -0.477. The van der Waals surface area contributed by atoms with E-state index >= 15 is 0 Å². The average Bonchev–Trinajstić information content (AvgIpc) is 2.37. The van der Waals surface area contributed by atoms with E-state index in [4.69, 9.17) is 4.74 Å². The van der Waals surface area contributed by atoms with Crippen molar-refractivity contribution in [3.8, 4) is 5.75 Å². The number of rotatable bonds is 3. The molecule has 0 saturated carbocycles. The van der Waals surface area contributed by atoms with Crippen LogP contribution in [0.2, 0.25) is 0 Å². The van der Waals surface area contributed by atoms with Crippen molar-refractivity contribution in [2.75, 3.05) is 6.61 Å². The number of carbonyl (C=O) groups is 1. The van der Waals surface area contributed by atoms with Crippen molar-refractivity contribution in [1.29, 1.82) is 0 Å². The first-order valence-electron chi connectivity index (χ1n) is 5.62. The van der Waals surface area contributed by atoms with Gasteiger partial charge in [-0.05, 0) is 17.9 Å². The van der Waals surface area contributed by atoms with Crippen LogP contribution >= 0.6 is 0 Å². The van der Waals surface area contributed by atoms with Crippen LogP contribution in [0.1, 0.15) is 23.7 Å². The largest absolute Gasteiger partial charge is 0.506 e. The highest BCUT2D eigenvalue weighted by atomic mass is 16.5. The minimum Gasteiger partial charge on any atom is -0.506 e. The van der Waals surface area contributed by atoms with Crippen LogP contribution in [0.5, 0.6) is 5.75 Å². The van der Waals surface area contributed by atoms with Crippen LogP contribution < -0.4 is 0 Å². The van der Waals surface area contributed by atoms with Crippen LogP contribution in [0.4, 0.5) is 0 Å². The molecule has 0 spiro atoms. The van der Waals surface area contributed by atoms with E-state index in [2.05, 4.69) is 0 Å². The highest BCUT2D eigenvalue weighted by Gasteiger charge is 2.14. The summed E-state index contributed by atoms with van der Waals surface area (Å²) in [4.78, 5) is 11.7. The fraction of sp³-hybridized carbons (Fsp3) is 0.214. The van der Waals surface area contributed by atoms with E-state index < -0.39 is 5.97 Å². The predicted octanol–water partition coefficient (Wildman–Crippen LogP) is 3.11. The van der Waals surface area contributed by atoms with Crippen LogP contribution in [-0.4, -0.2) is 17.7 Å². The molecular formula is C14H14O3. The lowest BCUT2D eigenvalue weighted by Crippen LogP contribution is -2.06. The van der Waals surface area contributed by atoms with Crippen LogP contribution in [-0.2, 0) is 4.74 Å². The first-order chi connectivity index (χ1) is 8.24. The SMILES string of the molecule is CCCOC(=O)c1ccc2ccccc2c1O. The van der Waals surface area contributed by atoms with Crippen molar-refractivity contribution in [3.05, 3.63) is 42.0 Å². The minimum absolute atomic E-state index is 0.01000. The first kappa shape index (κ1) is 11.5. The van der Waals surface area contributed by atoms with Gasteiger partial charge in [0.1, 0.15) is 11.3 Å². The summed E-state index contributed by atoms with van der Waals surface area (Å²) in [7, 11) is 0. The van der Waals surface area contributed by atoms with Gasteiger partial charge >= 0.3 is 5.97 Å². The number of hydrogen-bond acceptors (Lipinski definition) is 3. The number of esters is 1. The first-order valence-corrected chi connectivity index (χ1v) is 5.62. The number of benzene rings is 2. The van der Waals surface area contributed by atoms with E-state index in [0.717, 1.165) is 11.8 Å². The smallest absolute Gasteiger partial charge is 0.341 e. The molecule has 0 aromatic heterocycles. The zero-order valence-corrected chi connectivity index (χ0v) is 9.64. The fourth-order valence-electron chi connectivity index (χ4n) is 1.69. The Labute approximate surface area is 99.6 Å². The van der Waals surface area contributed by atoms with E-state index in [1.165, 1.54) is 0 Å². The molecule has 0 heterocycles. The van der Waals surface area contributed by atoms with Crippen molar-refractivity contribution in [3.63, 3.8) is 0 Å². The molecule has 3 heteroatoms. The molecule has 2 aromatic carbocycles. The van der Waals surface area contributed by atoms with E-state index in [9.17, 15) is 9.90 Å². The molecule has 17 heavy (non-hydrogen) atoms. The number of hydrogen-bond donors (Lipinski definition) is 1. The molecule has 88 valence electrons. The monoisotopic (exact) mass is 230 g/mol. The summed E-state index contributed by atoms with van der Waals surface area (Å²) < 4.78 is 5.01. The van der Waals surface area contributed by atoms with Gasteiger partial charge in [0.25, 0.3) is 0 Å². The number of ether oxygens (including phenoxy) is 1. The molecule has 0 aliphatic rings. The van der Waals surface area contributed by atoms with Gasteiger partial charge in [0.2, 0.25) is 0 Å². The summed E-state index contributed by atoms with van der Waals surface area (Å²) >= 11 is 0. The van der Waals surface area contributed by atoms with Crippen LogP contribution in [0.25, 0.3) is 10.8 Å². The molecule has 0 fully saturated rings. The Hall–Kier alpha value is -2.03. The van der Waals surface area contributed by atoms with E-state index in [0.29, 0.717) is 12.0 Å². The second-order valence-electron chi connectivity index (χ2n) is 3.82. The summed E-state index contributed by atoms with van der Waals surface area (Å²) in [5.41, 5.74) is 0.220. The summed E-state index contributed by atoms with van der Waals surface area (Å²) in [6.45, 7) is 2.29. The molecule has 2 aromatic rings. The Morgan fingerprint density at radius 3 is 2.76 bits per heavy atom. The highest BCUT2D eigenvalue weighted by molar-refractivity contribution is 6.01. The second kappa shape index (κ2) is 4.87. The van der Waals surface area contributed by atoms with E-state index in [1.807, 2.05) is 25.1 Å². The summed E-state index contributed by atoms with van der Waals surface area (Å²) in [6, 6.07) is 10.8. The van der Waals surface area contributed by atoms with Crippen LogP contribution in [0.3, 0.4) is 0 Å². The number of carbonyl (C=O) groups excluding carboxylic acids is 1. The second-order valence-corrected chi connectivity index (χ2v) is 3.82. The summed E-state index contributed by atoms with van der Waals surface area (Å²) in [5.74, 6) is -0.487. The lowest BCUT2D eigenvalue weighted by Gasteiger charge is -2.07. The van der Waals surface area contributed by atoms with Gasteiger partial charge in [-0.2, -0.15) is 0 Å². The van der Waals surface area contributed by atoms with Crippen LogP contribution in [0, 0.1) is 0 Å². The summed E-state index contributed by atoms with van der Waals surface area (Å²) in [6.07, 6.45) is 0.764. The zero-order chi connectivity index (χ0) is 12.3. The zero-order valence-electron chi connectivity index (χ0n) is 9.64. The molecule has 0 atom stereocenters. The third kappa shape index (κ3) is 2.23. The molecule has 0 radical (unpaired) electrons. The number of phenolic OH excluding ortho intramolecular Hbond substituents is 1. The molecular weight excluding hydrogens is 216 g/mol. The molecule has 0 aliphatic carbocycles. The standard InChI is InChI=1S/C14H14O3/c1-2-9-17-14(16)12-8-7-10-5-3-4-6-11(10)13(12)15/h3-8,15H,2,9H2,1H3. The molecule has 0 unspecified atom stereocenters. The van der Waals surface area contributed by atoms with Gasteiger partial charge in [0.15, 0.2) is 0 Å². The van der Waals surface area contributed by atoms with Crippen molar-refractivity contribution < 1.29 is 14.6 Å². The number of phenols is 1. The van der Waals surface area contributed by atoms with Crippen molar-refractivity contribution >= 4 is 16.7 Å². The average molecular weight is 230 g/mol. The van der Waals surface area contributed by atoms with Gasteiger partial charge in [0.05, 0.1) is 6.61 Å². The Balaban J connectivity index is 2.42. The Bertz CT molecular complexity index is 546. The van der Waals surface area contributed by atoms with Gasteiger partial charge in [-0.3, -0.25) is 0 Å². The molecule has 3 nitrogen and oxygen atoms in total. The molecule has 1 N–H and O–H groups in total. The Morgan fingerprint density at radius 2 is 2.00 bits per heavy atom. The Kier molecular flexibility index (Phi) is 3.28. The lowest BCUT2D eigenvalue weighted by molar-refractivity contribution is 0.0502. The Morgan fingerprint density at radius 1 is 1.24 bits per heavy atom. The fourth-order valence-corrected chi connectivity index (χ4v) is 1.69. The normalized spacial score (nSPS) is 10.4. The third-order valence-electron chi connectivity index (χ3n) is 2.56. The highest BCUT2D eigenvalue weighted by Crippen LogP contribution is 2.28. The maximum atomic E-state index is 11.7. The molecule has 0 saturated heterocycles. The van der Waals surface area contributed by atoms with Gasteiger partial charge in [-0.1, -0.05) is 37.3 Å². The maximum Gasteiger partial charge on any atom is 0.341 e. The number of aromatic hydroxyl groups is 1. The van der Waals surface area contributed by atoms with Crippen LogP contribution in [0.15, 0.2) is 36.4 Å². The summed E-state index contributed by atoms with van der Waals surface area (Å²) in [5, 5.41) is 11.6. The molecule has 2 rings (SSSR count). The van der Waals surface area contributed by atoms with E-state index in [1.54, 1.807) is 18.2 Å². The van der Waals surface area contributed by atoms with Crippen molar-refractivity contribution in [2.24, 2.45) is 0 Å². The van der Waals surface area contributed by atoms with Gasteiger partial charge in [-0.15, -0.1) is 0 Å². The van der Waals surface area contributed by atoms with Gasteiger partial charge < -0.3 is 9.84 Å². The number of fused-ring (bicyclic) bond motifs is 1. The molecule has 0 aliphatic heterocycles. The van der Waals surface area contributed by atoms with Crippen molar-refractivity contribution in [1.82, 2.24) is 0 Å². The predicted molar refractivity (Wildman–Crippen MR) is 66.2 cm³/mol. The molecule has 0 bridgehead atoms. The lowest BCUT2D eigenvalue weighted by atomic mass is 10.1. The molecule has 0 amide bonds. The van der Waals surface area contributed by atoms with Gasteiger partial charge in [-0.25, -0.2) is 4.79 Å². The van der Waals surface area contributed by atoms with E-state index in [-0.39, 0.29) is 11.3 Å².